The van der Waals surface area contributed by atoms with Crippen LogP contribution in [0.2, 0.25) is 0 Å². The zero-order valence-electron chi connectivity index (χ0n) is 20.3. The number of hydrogen-bond donors (Lipinski definition) is 3. The molecule has 0 radical (unpaired) electrons. The zero-order valence-corrected chi connectivity index (χ0v) is 21.1. The molecule has 3 heterocycles. The van der Waals surface area contributed by atoms with Crippen molar-refractivity contribution >= 4 is 44.5 Å². The molecule has 2 aromatic carbocycles. The molecule has 2 aliphatic rings. The summed E-state index contributed by atoms with van der Waals surface area (Å²) in [6, 6.07) is 12.3. The van der Waals surface area contributed by atoms with Gasteiger partial charge in [-0.2, -0.15) is 4.31 Å². The Bertz CT molecular complexity index is 1440. The standard InChI is InChI=1S/C26H29N5O5S/c32-24(28-19-8-7-9-20(15-19)37(35,36)30-12-5-1-2-6-13-30)17-31-25(33)23(29-26(31)34)14-18-16-27-22-11-4-3-10-21(18)22/h3-4,7-11,15-16,23,27H,1-2,5-6,12-14,17H2,(H,28,32)(H,29,34)/t23-/m0/s1. The molecule has 0 bridgehead atoms. The summed E-state index contributed by atoms with van der Waals surface area (Å²) in [4.78, 5) is 42.3. The van der Waals surface area contributed by atoms with Gasteiger partial charge in [0.15, 0.2) is 0 Å². The van der Waals surface area contributed by atoms with Crippen molar-refractivity contribution < 1.29 is 22.8 Å². The number of urea groups is 1. The van der Waals surface area contributed by atoms with E-state index < -0.39 is 40.5 Å². The minimum absolute atomic E-state index is 0.0981. The monoisotopic (exact) mass is 523 g/mol. The number of amides is 4. The van der Waals surface area contributed by atoms with Crippen molar-refractivity contribution in [3.05, 3.63) is 60.3 Å². The first kappa shape index (κ1) is 25.0. The van der Waals surface area contributed by atoms with Crippen LogP contribution in [0.15, 0.2) is 59.6 Å². The van der Waals surface area contributed by atoms with Gasteiger partial charge in [0.2, 0.25) is 15.9 Å². The van der Waals surface area contributed by atoms with Gasteiger partial charge in [-0.3, -0.25) is 14.5 Å². The number of rotatable bonds is 7. The Hall–Kier alpha value is -3.70. The van der Waals surface area contributed by atoms with E-state index in [0.29, 0.717) is 19.5 Å². The third-order valence-corrected chi connectivity index (χ3v) is 8.72. The number of H-pyrrole nitrogens is 1. The van der Waals surface area contributed by atoms with Crippen molar-refractivity contribution in [2.45, 2.75) is 43.0 Å². The van der Waals surface area contributed by atoms with Crippen LogP contribution >= 0.6 is 0 Å². The zero-order chi connectivity index (χ0) is 26.0. The lowest BCUT2D eigenvalue weighted by Gasteiger charge is -2.20. The van der Waals surface area contributed by atoms with E-state index in [2.05, 4.69) is 15.6 Å². The maximum absolute atomic E-state index is 13.1. The first-order valence-corrected chi connectivity index (χ1v) is 13.8. The highest BCUT2D eigenvalue weighted by Crippen LogP contribution is 2.24. The number of para-hydroxylation sites is 1. The largest absolute Gasteiger partial charge is 0.361 e. The maximum atomic E-state index is 13.1. The minimum Gasteiger partial charge on any atom is -0.361 e. The number of carbonyl (C=O) groups excluding carboxylic acids is 3. The van der Waals surface area contributed by atoms with Crippen molar-refractivity contribution in [3.63, 3.8) is 0 Å². The molecule has 0 unspecified atom stereocenters. The molecule has 0 saturated carbocycles. The lowest BCUT2D eigenvalue weighted by molar-refractivity contribution is -0.130. The second-order valence-corrected chi connectivity index (χ2v) is 11.3. The number of benzene rings is 2. The number of sulfonamides is 1. The van der Waals surface area contributed by atoms with E-state index in [4.69, 9.17) is 0 Å². The summed E-state index contributed by atoms with van der Waals surface area (Å²) in [5.74, 6) is -1.08. The van der Waals surface area contributed by atoms with Crippen LogP contribution in [0.4, 0.5) is 10.5 Å². The number of carbonyl (C=O) groups is 3. The van der Waals surface area contributed by atoms with Gasteiger partial charge in [0.05, 0.1) is 4.90 Å². The molecule has 1 aromatic heterocycles. The molecule has 3 N–H and O–H groups in total. The van der Waals surface area contributed by atoms with Crippen LogP contribution in [-0.2, 0) is 26.0 Å². The number of hydrogen-bond acceptors (Lipinski definition) is 5. The Kier molecular flexibility index (Phi) is 6.98. The van der Waals surface area contributed by atoms with Gasteiger partial charge in [0.25, 0.3) is 5.91 Å². The highest BCUT2D eigenvalue weighted by atomic mass is 32.2. The van der Waals surface area contributed by atoms with Crippen LogP contribution in [0.5, 0.6) is 0 Å². The third-order valence-electron chi connectivity index (χ3n) is 6.83. The molecule has 5 rings (SSSR count). The first-order chi connectivity index (χ1) is 17.8. The smallest absolute Gasteiger partial charge is 0.325 e. The molecular weight excluding hydrogens is 494 g/mol. The van der Waals surface area contributed by atoms with Gasteiger partial charge < -0.3 is 15.6 Å². The van der Waals surface area contributed by atoms with Gasteiger partial charge >= 0.3 is 6.03 Å². The van der Waals surface area contributed by atoms with Crippen LogP contribution in [0.1, 0.15) is 31.2 Å². The Balaban J connectivity index is 1.23. The quantitative estimate of drug-likeness (QED) is 0.410. The molecular formula is C26H29N5O5S. The predicted molar refractivity (Wildman–Crippen MR) is 138 cm³/mol. The minimum atomic E-state index is -3.68. The summed E-state index contributed by atoms with van der Waals surface area (Å²) in [6.07, 6.45) is 5.77. The molecule has 2 fully saturated rings. The summed E-state index contributed by atoms with van der Waals surface area (Å²) in [6.45, 7) is 0.480. The topological polar surface area (TPSA) is 132 Å². The number of fused-ring (bicyclic) bond motifs is 1. The molecule has 2 aliphatic heterocycles. The Labute approximate surface area is 215 Å². The molecule has 10 nitrogen and oxygen atoms in total. The fourth-order valence-corrected chi connectivity index (χ4v) is 6.46. The second-order valence-electron chi connectivity index (χ2n) is 9.38. The highest BCUT2D eigenvalue weighted by molar-refractivity contribution is 7.89. The number of aromatic nitrogens is 1. The highest BCUT2D eigenvalue weighted by Gasteiger charge is 2.39. The number of nitrogens with zero attached hydrogens (tertiary/aromatic N) is 2. The Morgan fingerprint density at radius 3 is 2.54 bits per heavy atom. The molecule has 1 atom stereocenters. The lowest BCUT2D eigenvalue weighted by atomic mass is 10.1. The predicted octanol–water partition coefficient (Wildman–Crippen LogP) is 2.83. The Morgan fingerprint density at radius 2 is 1.76 bits per heavy atom. The van der Waals surface area contributed by atoms with Gasteiger partial charge in [-0.25, -0.2) is 13.2 Å². The van der Waals surface area contributed by atoms with Crippen molar-refractivity contribution in [1.29, 1.82) is 0 Å². The van der Waals surface area contributed by atoms with Gasteiger partial charge in [-0.1, -0.05) is 37.1 Å². The SMILES string of the molecule is O=C(CN1C(=O)N[C@@H](Cc2c[nH]c3ccccc23)C1=O)Nc1cccc(S(=O)(=O)N2CCCCCC2)c1. The molecule has 3 aromatic rings. The van der Waals surface area contributed by atoms with Crippen molar-refractivity contribution in [3.8, 4) is 0 Å². The second kappa shape index (κ2) is 10.3. The van der Waals surface area contributed by atoms with E-state index in [1.165, 1.54) is 16.4 Å². The number of aromatic amines is 1. The summed E-state index contributed by atoms with van der Waals surface area (Å²) in [5.41, 5.74) is 2.11. The fraction of sp³-hybridized carbons (Fsp3) is 0.346. The van der Waals surface area contributed by atoms with E-state index in [1.54, 1.807) is 12.1 Å². The average Bonchev–Trinajstić information content (AvgIpc) is 3.24. The van der Waals surface area contributed by atoms with Crippen LogP contribution in [0, 0.1) is 0 Å². The van der Waals surface area contributed by atoms with E-state index >= 15 is 0 Å². The van der Waals surface area contributed by atoms with E-state index in [0.717, 1.165) is 47.0 Å². The first-order valence-electron chi connectivity index (χ1n) is 12.4. The molecule has 4 amide bonds. The van der Waals surface area contributed by atoms with E-state index in [-0.39, 0.29) is 10.6 Å². The molecule has 11 heteroatoms. The lowest BCUT2D eigenvalue weighted by Crippen LogP contribution is -2.38. The molecule has 194 valence electrons. The van der Waals surface area contributed by atoms with E-state index in [9.17, 15) is 22.8 Å². The summed E-state index contributed by atoms with van der Waals surface area (Å²) in [5, 5.41) is 6.24. The number of nitrogens with one attached hydrogen (secondary N) is 3. The van der Waals surface area contributed by atoms with Crippen LogP contribution < -0.4 is 10.6 Å². The molecule has 0 spiro atoms. The summed E-state index contributed by atoms with van der Waals surface area (Å²) in [7, 11) is -3.68. The van der Waals surface area contributed by atoms with Crippen molar-refractivity contribution in [2.24, 2.45) is 0 Å². The number of anilines is 1. The average molecular weight is 524 g/mol. The summed E-state index contributed by atoms with van der Waals surface area (Å²) >= 11 is 0. The molecule has 2 saturated heterocycles. The normalized spacial score (nSPS) is 19.1. The molecule has 0 aliphatic carbocycles. The Morgan fingerprint density at radius 1 is 1.00 bits per heavy atom. The van der Waals surface area contributed by atoms with Crippen LogP contribution in [-0.4, -0.2) is 66.1 Å². The maximum Gasteiger partial charge on any atom is 0.325 e. The fourth-order valence-electron chi connectivity index (χ4n) is 4.89. The van der Waals surface area contributed by atoms with E-state index in [1.807, 2.05) is 30.5 Å². The van der Waals surface area contributed by atoms with Gasteiger partial charge in [-0.05, 0) is 42.7 Å². The summed E-state index contributed by atoms with van der Waals surface area (Å²) < 4.78 is 27.7. The van der Waals surface area contributed by atoms with Crippen LogP contribution in [0.25, 0.3) is 10.9 Å². The van der Waals surface area contributed by atoms with Crippen LogP contribution in [0.3, 0.4) is 0 Å². The number of imide groups is 1. The molecule has 37 heavy (non-hydrogen) atoms. The van der Waals surface area contributed by atoms with Gasteiger partial charge in [0, 0.05) is 42.3 Å². The van der Waals surface area contributed by atoms with Gasteiger partial charge in [0.1, 0.15) is 12.6 Å². The van der Waals surface area contributed by atoms with Gasteiger partial charge in [-0.15, -0.1) is 0 Å². The van der Waals surface area contributed by atoms with Crippen molar-refractivity contribution in [1.82, 2.24) is 19.5 Å². The van der Waals surface area contributed by atoms with Crippen molar-refractivity contribution in [2.75, 3.05) is 25.0 Å². The third kappa shape index (κ3) is 5.23.